The molecule has 0 unspecified atom stereocenters. The maximum atomic E-state index is 14.0. The van der Waals surface area contributed by atoms with Crippen LogP contribution in [0, 0.1) is 5.82 Å². The monoisotopic (exact) mass is 370 g/mol. The van der Waals surface area contributed by atoms with Gasteiger partial charge in [-0.15, -0.1) is 0 Å². The highest BCUT2D eigenvalue weighted by Gasteiger charge is 2.12. The molecule has 26 heavy (non-hydrogen) atoms. The van der Waals surface area contributed by atoms with Crippen LogP contribution in [0.2, 0.25) is 5.02 Å². The fourth-order valence-corrected chi connectivity index (χ4v) is 2.81. The quantitative estimate of drug-likeness (QED) is 0.741. The van der Waals surface area contributed by atoms with Crippen molar-refractivity contribution < 1.29 is 9.18 Å². The lowest BCUT2D eigenvalue weighted by Crippen LogP contribution is -2.26. The summed E-state index contributed by atoms with van der Waals surface area (Å²) in [5.41, 5.74) is 0.789. The molecule has 0 saturated heterocycles. The minimum Gasteiger partial charge on any atom is -0.321 e. The zero-order chi connectivity index (χ0) is 18.5. The predicted molar refractivity (Wildman–Crippen MR) is 100.0 cm³/mol. The van der Waals surface area contributed by atoms with E-state index < -0.39 is 11.4 Å². The zero-order valence-electron chi connectivity index (χ0n) is 13.8. The Morgan fingerprint density at radius 3 is 2.54 bits per heavy atom. The van der Waals surface area contributed by atoms with Gasteiger partial charge in [-0.3, -0.25) is 9.59 Å². The van der Waals surface area contributed by atoms with Crippen molar-refractivity contribution in [2.45, 2.75) is 13.0 Å². The van der Waals surface area contributed by atoms with Crippen molar-refractivity contribution in [3.8, 4) is 0 Å². The van der Waals surface area contributed by atoms with Crippen molar-refractivity contribution in [2.24, 2.45) is 0 Å². The molecular weight excluding hydrogens is 355 g/mol. The van der Waals surface area contributed by atoms with Gasteiger partial charge in [0.05, 0.1) is 13.0 Å². The summed E-state index contributed by atoms with van der Waals surface area (Å²) < 4.78 is 15.3. The first-order valence-corrected chi connectivity index (χ1v) is 8.38. The molecule has 1 amide bonds. The minimum atomic E-state index is -0.483. The molecule has 0 radical (unpaired) electrons. The van der Waals surface area contributed by atoms with Gasteiger partial charge in [-0.1, -0.05) is 48.0 Å². The smallest absolute Gasteiger partial charge is 0.274 e. The summed E-state index contributed by atoms with van der Waals surface area (Å²) in [6.07, 6.45) is 1.69. The summed E-state index contributed by atoms with van der Waals surface area (Å²) in [6.45, 7) is -0.0211. The van der Waals surface area contributed by atoms with E-state index in [1.165, 1.54) is 29.0 Å². The molecule has 3 rings (SSSR count). The van der Waals surface area contributed by atoms with Crippen LogP contribution in [0.15, 0.2) is 71.7 Å². The van der Waals surface area contributed by atoms with Gasteiger partial charge in [0.25, 0.3) is 5.56 Å². The number of aromatic nitrogens is 1. The molecular formula is C20H16ClFN2O2. The minimum absolute atomic E-state index is 0.0211. The molecule has 0 spiro atoms. The predicted octanol–water partition coefficient (Wildman–Crippen LogP) is 3.87. The highest BCUT2D eigenvalue weighted by atomic mass is 35.5. The lowest BCUT2D eigenvalue weighted by molar-refractivity contribution is -0.115. The van der Waals surface area contributed by atoms with E-state index in [-0.39, 0.29) is 35.1 Å². The van der Waals surface area contributed by atoms with E-state index in [9.17, 15) is 14.0 Å². The number of hydrogen-bond acceptors (Lipinski definition) is 2. The van der Waals surface area contributed by atoms with Crippen molar-refractivity contribution in [3.63, 3.8) is 0 Å². The number of rotatable bonds is 5. The molecule has 0 aliphatic rings. The van der Waals surface area contributed by atoms with Gasteiger partial charge in [0.15, 0.2) is 0 Å². The highest BCUT2D eigenvalue weighted by molar-refractivity contribution is 6.31. The largest absolute Gasteiger partial charge is 0.321 e. The molecule has 6 heteroatoms. The summed E-state index contributed by atoms with van der Waals surface area (Å²) in [4.78, 5) is 24.7. The molecule has 132 valence electrons. The van der Waals surface area contributed by atoms with Crippen LogP contribution in [0.25, 0.3) is 0 Å². The van der Waals surface area contributed by atoms with Gasteiger partial charge >= 0.3 is 0 Å². The SMILES string of the molecule is O=C(Cc1ccccc1)Nc1cccn(Cc2c(F)cccc2Cl)c1=O. The molecule has 2 aromatic carbocycles. The summed E-state index contributed by atoms with van der Waals surface area (Å²) in [7, 11) is 0. The van der Waals surface area contributed by atoms with Crippen molar-refractivity contribution >= 4 is 23.2 Å². The van der Waals surface area contributed by atoms with E-state index >= 15 is 0 Å². The first kappa shape index (κ1) is 17.9. The highest BCUT2D eigenvalue weighted by Crippen LogP contribution is 2.19. The van der Waals surface area contributed by atoms with E-state index in [1.807, 2.05) is 30.3 Å². The number of benzene rings is 2. The van der Waals surface area contributed by atoms with Crippen LogP contribution in [0.5, 0.6) is 0 Å². The molecule has 0 fully saturated rings. The van der Waals surface area contributed by atoms with E-state index in [0.29, 0.717) is 0 Å². The fraction of sp³-hybridized carbons (Fsp3) is 0.100. The zero-order valence-corrected chi connectivity index (χ0v) is 14.5. The van der Waals surface area contributed by atoms with Crippen LogP contribution in [-0.4, -0.2) is 10.5 Å². The Balaban J connectivity index is 1.79. The Bertz CT molecular complexity index is 966. The molecule has 3 aromatic rings. The summed E-state index contributed by atoms with van der Waals surface area (Å²) in [5.74, 6) is -0.780. The summed E-state index contributed by atoms with van der Waals surface area (Å²) >= 11 is 6.02. The number of amides is 1. The molecule has 0 bridgehead atoms. The number of nitrogens with one attached hydrogen (secondary N) is 1. The first-order chi connectivity index (χ1) is 12.5. The third-order valence-electron chi connectivity index (χ3n) is 3.89. The van der Waals surface area contributed by atoms with Crippen LogP contribution in [0.4, 0.5) is 10.1 Å². The second-order valence-corrected chi connectivity index (χ2v) is 6.17. The number of carbonyl (C=O) groups is 1. The molecule has 0 atom stereocenters. The number of nitrogens with zero attached hydrogens (tertiary/aromatic N) is 1. The summed E-state index contributed by atoms with van der Waals surface area (Å²) in [5, 5.41) is 2.86. The second-order valence-electron chi connectivity index (χ2n) is 5.77. The molecule has 1 N–H and O–H groups in total. The second kappa shape index (κ2) is 7.97. The Hall–Kier alpha value is -2.92. The number of anilines is 1. The molecule has 0 aliphatic carbocycles. The van der Waals surface area contributed by atoms with Gasteiger partial charge in [0.2, 0.25) is 5.91 Å². The number of pyridine rings is 1. The normalized spacial score (nSPS) is 10.5. The molecule has 1 aromatic heterocycles. The maximum Gasteiger partial charge on any atom is 0.274 e. The average molecular weight is 371 g/mol. The molecule has 1 heterocycles. The van der Waals surface area contributed by atoms with Gasteiger partial charge in [0, 0.05) is 16.8 Å². The Labute approximate surface area is 154 Å². The number of halogens is 2. The van der Waals surface area contributed by atoms with Crippen LogP contribution in [-0.2, 0) is 17.8 Å². The lowest BCUT2D eigenvalue weighted by Gasteiger charge is -2.11. The van der Waals surface area contributed by atoms with Gasteiger partial charge in [-0.25, -0.2) is 4.39 Å². The van der Waals surface area contributed by atoms with Crippen LogP contribution >= 0.6 is 11.6 Å². The van der Waals surface area contributed by atoms with E-state index in [2.05, 4.69) is 5.32 Å². The van der Waals surface area contributed by atoms with Crippen molar-refractivity contribution in [1.29, 1.82) is 0 Å². The fourth-order valence-electron chi connectivity index (χ4n) is 2.59. The number of carbonyl (C=O) groups excluding carboxylic acids is 1. The Kier molecular flexibility index (Phi) is 5.49. The first-order valence-electron chi connectivity index (χ1n) is 8.00. The van der Waals surface area contributed by atoms with Gasteiger partial charge in [-0.2, -0.15) is 0 Å². The van der Waals surface area contributed by atoms with Gasteiger partial charge in [-0.05, 0) is 29.8 Å². The average Bonchev–Trinajstić information content (AvgIpc) is 2.62. The summed E-state index contributed by atoms with van der Waals surface area (Å²) in [6, 6.07) is 16.7. The van der Waals surface area contributed by atoms with Crippen LogP contribution in [0.3, 0.4) is 0 Å². The standard InChI is InChI=1S/C20H16ClFN2O2/c21-16-8-4-9-17(22)15(16)13-24-11-5-10-18(20(24)26)23-19(25)12-14-6-2-1-3-7-14/h1-11H,12-13H2,(H,23,25). The molecule has 4 nitrogen and oxygen atoms in total. The third-order valence-corrected chi connectivity index (χ3v) is 4.25. The van der Waals surface area contributed by atoms with E-state index in [1.54, 1.807) is 12.1 Å². The Morgan fingerprint density at radius 1 is 1.04 bits per heavy atom. The molecule has 0 saturated carbocycles. The topological polar surface area (TPSA) is 51.1 Å². The van der Waals surface area contributed by atoms with Crippen LogP contribution in [0.1, 0.15) is 11.1 Å². The van der Waals surface area contributed by atoms with Crippen molar-refractivity contribution in [1.82, 2.24) is 4.57 Å². The van der Waals surface area contributed by atoms with Gasteiger partial charge < -0.3 is 9.88 Å². The lowest BCUT2D eigenvalue weighted by atomic mass is 10.1. The Morgan fingerprint density at radius 2 is 1.81 bits per heavy atom. The van der Waals surface area contributed by atoms with Crippen LogP contribution < -0.4 is 10.9 Å². The third kappa shape index (κ3) is 4.18. The maximum absolute atomic E-state index is 14.0. The van der Waals surface area contributed by atoms with Gasteiger partial charge in [0.1, 0.15) is 11.5 Å². The van der Waals surface area contributed by atoms with E-state index in [4.69, 9.17) is 11.6 Å². The number of hydrogen-bond donors (Lipinski definition) is 1. The van der Waals surface area contributed by atoms with E-state index in [0.717, 1.165) is 5.56 Å². The van der Waals surface area contributed by atoms with Crippen molar-refractivity contribution in [3.05, 3.63) is 99.2 Å². The molecule has 0 aliphatic heterocycles. The van der Waals surface area contributed by atoms with Crippen molar-refractivity contribution in [2.75, 3.05) is 5.32 Å².